The number of hydrogen-bond donors (Lipinski definition) is 0. The number of hydrogen-bond acceptors (Lipinski definition) is 7. The number of amides is 3. The number of nitrogens with zero attached hydrogens (tertiary/aromatic N) is 6. The molecular formula is C26H20N6O3. The Morgan fingerprint density at radius 3 is 1.89 bits per heavy atom. The van der Waals surface area contributed by atoms with Crippen LogP contribution in [0.5, 0.6) is 0 Å². The van der Waals surface area contributed by atoms with Gasteiger partial charge < -0.3 is 9.80 Å². The van der Waals surface area contributed by atoms with Crippen LogP contribution in [0.3, 0.4) is 0 Å². The van der Waals surface area contributed by atoms with Crippen LogP contribution in [0, 0.1) is 0 Å². The van der Waals surface area contributed by atoms with Crippen molar-refractivity contribution in [3.63, 3.8) is 0 Å². The number of carbonyl (C=O) groups excluding carboxylic acids is 3. The van der Waals surface area contributed by atoms with Crippen LogP contribution in [0.25, 0.3) is 11.0 Å². The van der Waals surface area contributed by atoms with Crippen molar-refractivity contribution in [3.05, 3.63) is 89.9 Å². The average Bonchev–Trinajstić information content (AvgIpc) is 3.16. The number of carbonyl (C=O) groups is 3. The van der Waals surface area contributed by atoms with Crippen LogP contribution in [0.2, 0.25) is 0 Å². The molecule has 1 saturated heterocycles. The standard InChI is InChI=1S/C26H20N6O3/c33-24(31-15-13-30(14-16-31)21-7-3-4-12-27-21)17-8-10-18(11-9-17)32-25(34)22-23(26(32)35)29-20-6-2-1-5-19(20)28-22/h1-12H,13-16H2. The van der Waals surface area contributed by atoms with E-state index in [1.54, 1.807) is 59.6 Å². The lowest BCUT2D eigenvalue weighted by molar-refractivity contribution is 0.0746. The van der Waals surface area contributed by atoms with Crippen LogP contribution in [-0.4, -0.2) is 63.8 Å². The second kappa shape index (κ2) is 8.28. The number of rotatable bonds is 3. The summed E-state index contributed by atoms with van der Waals surface area (Å²) in [4.78, 5) is 57.1. The van der Waals surface area contributed by atoms with E-state index in [-0.39, 0.29) is 17.3 Å². The highest BCUT2D eigenvalue weighted by Crippen LogP contribution is 2.28. The maximum Gasteiger partial charge on any atom is 0.286 e. The lowest BCUT2D eigenvalue weighted by atomic mass is 10.1. The Kier molecular flexibility index (Phi) is 4.95. The van der Waals surface area contributed by atoms with Crippen molar-refractivity contribution in [2.24, 2.45) is 0 Å². The maximum atomic E-state index is 13.0. The molecule has 2 aromatic carbocycles. The number of fused-ring (bicyclic) bond motifs is 2. The molecule has 0 unspecified atom stereocenters. The van der Waals surface area contributed by atoms with Gasteiger partial charge in [-0.25, -0.2) is 19.9 Å². The average molecular weight is 464 g/mol. The fourth-order valence-electron chi connectivity index (χ4n) is 4.45. The van der Waals surface area contributed by atoms with E-state index in [0.29, 0.717) is 48.5 Å². The smallest absolute Gasteiger partial charge is 0.286 e. The minimum Gasteiger partial charge on any atom is -0.353 e. The Morgan fingerprint density at radius 1 is 0.714 bits per heavy atom. The summed E-state index contributed by atoms with van der Waals surface area (Å²) in [6, 6.07) is 19.4. The first kappa shape index (κ1) is 20.9. The Morgan fingerprint density at radius 2 is 1.31 bits per heavy atom. The van der Waals surface area contributed by atoms with Crippen LogP contribution in [-0.2, 0) is 0 Å². The molecule has 6 rings (SSSR count). The van der Waals surface area contributed by atoms with Gasteiger partial charge in [0.25, 0.3) is 17.7 Å². The summed E-state index contributed by atoms with van der Waals surface area (Å²) >= 11 is 0. The quantitative estimate of drug-likeness (QED) is 0.430. The summed E-state index contributed by atoms with van der Waals surface area (Å²) in [6.45, 7) is 2.56. The maximum absolute atomic E-state index is 13.0. The van der Waals surface area contributed by atoms with Crippen molar-refractivity contribution in [3.8, 4) is 0 Å². The molecular weight excluding hydrogens is 444 g/mol. The van der Waals surface area contributed by atoms with Crippen LogP contribution >= 0.6 is 0 Å². The molecule has 0 bridgehead atoms. The number of imide groups is 1. The number of pyridine rings is 1. The molecule has 3 amide bonds. The van der Waals surface area contributed by atoms with E-state index < -0.39 is 11.8 Å². The second-order valence-electron chi connectivity index (χ2n) is 8.37. The summed E-state index contributed by atoms with van der Waals surface area (Å²) in [5, 5.41) is 0. The number of anilines is 2. The van der Waals surface area contributed by atoms with Crippen LogP contribution in [0.15, 0.2) is 72.9 Å². The Bertz CT molecular complexity index is 1410. The Hall–Kier alpha value is -4.66. The number of aromatic nitrogens is 3. The molecule has 0 saturated carbocycles. The van der Waals surface area contributed by atoms with E-state index in [1.165, 1.54) is 0 Å². The third-order valence-corrected chi connectivity index (χ3v) is 6.29. The topological polar surface area (TPSA) is 99.6 Å². The molecule has 35 heavy (non-hydrogen) atoms. The highest BCUT2D eigenvalue weighted by Gasteiger charge is 2.40. The molecule has 0 spiro atoms. The van der Waals surface area contributed by atoms with E-state index in [4.69, 9.17) is 0 Å². The third-order valence-electron chi connectivity index (χ3n) is 6.29. The van der Waals surface area contributed by atoms with Crippen molar-refractivity contribution in [1.29, 1.82) is 0 Å². The van der Waals surface area contributed by atoms with Gasteiger partial charge in [-0.05, 0) is 48.5 Å². The molecule has 172 valence electrons. The highest BCUT2D eigenvalue weighted by molar-refractivity contribution is 6.33. The Labute approximate surface area is 200 Å². The zero-order valence-corrected chi connectivity index (χ0v) is 18.7. The Balaban J connectivity index is 1.18. The molecule has 0 radical (unpaired) electrons. The molecule has 2 aliphatic heterocycles. The van der Waals surface area contributed by atoms with Gasteiger partial charge >= 0.3 is 0 Å². The molecule has 0 N–H and O–H groups in total. The number of piperazine rings is 1. The van der Waals surface area contributed by atoms with E-state index in [9.17, 15) is 14.4 Å². The molecule has 9 nitrogen and oxygen atoms in total. The molecule has 4 heterocycles. The first-order chi connectivity index (χ1) is 17.1. The number of benzene rings is 2. The molecule has 1 fully saturated rings. The van der Waals surface area contributed by atoms with Crippen LogP contribution in [0.1, 0.15) is 31.3 Å². The van der Waals surface area contributed by atoms with E-state index in [0.717, 1.165) is 10.7 Å². The second-order valence-corrected chi connectivity index (χ2v) is 8.37. The van der Waals surface area contributed by atoms with Gasteiger partial charge in [0.15, 0.2) is 11.4 Å². The lowest BCUT2D eigenvalue weighted by Crippen LogP contribution is -2.49. The monoisotopic (exact) mass is 464 g/mol. The minimum absolute atomic E-state index is 0.0413. The summed E-state index contributed by atoms with van der Waals surface area (Å²) < 4.78 is 0. The first-order valence-electron chi connectivity index (χ1n) is 11.3. The molecule has 2 aromatic heterocycles. The van der Waals surface area contributed by atoms with Gasteiger partial charge in [-0.1, -0.05) is 18.2 Å². The van der Waals surface area contributed by atoms with Gasteiger partial charge in [-0.3, -0.25) is 14.4 Å². The fraction of sp³-hybridized carbons (Fsp3) is 0.154. The zero-order valence-electron chi connectivity index (χ0n) is 18.7. The molecule has 0 aliphatic carbocycles. The largest absolute Gasteiger partial charge is 0.353 e. The van der Waals surface area contributed by atoms with E-state index >= 15 is 0 Å². The van der Waals surface area contributed by atoms with Gasteiger partial charge in [0.2, 0.25) is 0 Å². The lowest BCUT2D eigenvalue weighted by Gasteiger charge is -2.35. The van der Waals surface area contributed by atoms with Crippen LogP contribution < -0.4 is 9.80 Å². The van der Waals surface area contributed by atoms with Crippen molar-refractivity contribution >= 4 is 40.3 Å². The van der Waals surface area contributed by atoms with Gasteiger partial charge in [0, 0.05) is 37.9 Å². The molecule has 9 heteroatoms. The summed E-state index contributed by atoms with van der Waals surface area (Å²) in [5.41, 5.74) is 2.06. The van der Waals surface area contributed by atoms with Crippen LogP contribution in [0.4, 0.5) is 11.5 Å². The first-order valence-corrected chi connectivity index (χ1v) is 11.3. The van der Waals surface area contributed by atoms with Crippen molar-refractivity contribution in [2.45, 2.75) is 0 Å². The normalized spacial score (nSPS) is 15.6. The van der Waals surface area contributed by atoms with Crippen molar-refractivity contribution < 1.29 is 14.4 Å². The SMILES string of the molecule is O=C(c1ccc(N2C(=O)c3nc4ccccc4nc3C2=O)cc1)N1CCN(c2ccccn2)CC1. The predicted octanol–water partition coefficient (Wildman–Crippen LogP) is 2.79. The molecule has 0 atom stereocenters. The highest BCUT2D eigenvalue weighted by atomic mass is 16.2. The van der Waals surface area contributed by atoms with Gasteiger partial charge in [-0.15, -0.1) is 0 Å². The summed E-state index contributed by atoms with van der Waals surface area (Å²) in [7, 11) is 0. The van der Waals surface area contributed by atoms with Crippen molar-refractivity contribution in [1.82, 2.24) is 19.9 Å². The third kappa shape index (κ3) is 3.57. The molecule has 4 aromatic rings. The zero-order chi connectivity index (χ0) is 23.9. The van der Waals surface area contributed by atoms with Gasteiger partial charge in [0.05, 0.1) is 16.7 Å². The predicted molar refractivity (Wildman–Crippen MR) is 129 cm³/mol. The van der Waals surface area contributed by atoms with Gasteiger partial charge in [-0.2, -0.15) is 0 Å². The molecule has 2 aliphatic rings. The minimum atomic E-state index is -0.520. The van der Waals surface area contributed by atoms with Crippen molar-refractivity contribution in [2.75, 3.05) is 36.0 Å². The number of para-hydroxylation sites is 2. The summed E-state index contributed by atoms with van der Waals surface area (Å²) in [6.07, 6.45) is 1.76. The van der Waals surface area contributed by atoms with E-state index in [2.05, 4.69) is 19.9 Å². The van der Waals surface area contributed by atoms with Gasteiger partial charge in [0.1, 0.15) is 5.82 Å². The van der Waals surface area contributed by atoms with E-state index in [1.807, 2.05) is 18.2 Å². The summed E-state index contributed by atoms with van der Waals surface area (Å²) in [5.74, 6) is -0.225. The fourth-order valence-corrected chi connectivity index (χ4v) is 4.45.